The number of carbonyl (C=O) groups excluding carboxylic acids is 1. The monoisotopic (exact) mass is 264 g/mol. The Hall–Kier alpha value is -1.36. The van der Waals surface area contributed by atoms with Crippen molar-refractivity contribution in [1.82, 2.24) is 20.4 Å². The number of hydrogen-bond donors (Lipinski definition) is 2. The molecule has 1 aliphatic rings. The number of rotatable bonds is 4. The number of nitrogens with zero attached hydrogens (tertiary/aromatic N) is 2. The van der Waals surface area contributed by atoms with Crippen molar-refractivity contribution in [3.8, 4) is 0 Å². The summed E-state index contributed by atoms with van der Waals surface area (Å²) >= 11 is 0. The fourth-order valence-electron chi connectivity index (χ4n) is 2.73. The highest BCUT2D eigenvalue weighted by atomic mass is 16.2. The Kier molecular flexibility index (Phi) is 4.24. The van der Waals surface area contributed by atoms with E-state index in [2.05, 4.69) is 22.7 Å². The van der Waals surface area contributed by atoms with Gasteiger partial charge in [0.2, 0.25) is 5.91 Å². The molecule has 1 aromatic heterocycles. The van der Waals surface area contributed by atoms with Crippen LogP contribution in [-0.2, 0) is 18.4 Å². The summed E-state index contributed by atoms with van der Waals surface area (Å²) in [5.74, 6) is 0.194. The number of aromatic nitrogens is 2. The van der Waals surface area contributed by atoms with E-state index in [0.29, 0.717) is 6.54 Å². The number of amides is 1. The molecule has 0 unspecified atom stereocenters. The van der Waals surface area contributed by atoms with Crippen LogP contribution in [0, 0.1) is 12.3 Å². The van der Waals surface area contributed by atoms with E-state index in [0.717, 1.165) is 43.6 Å². The summed E-state index contributed by atoms with van der Waals surface area (Å²) in [6.45, 7) is 6.59. The topological polar surface area (TPSA) is 59.0 Å². The highest BCUT2D eigenvalue weighted by Gasteiger charge is 2.37. The SMILES string of the molecule is CCC1(C(=O)NCc2cnn(C)c2C)CCNCC1. The van der Waals surface area contributed by atoms with Crippen molar-refractivity contribution >= 4 is 5.91 Å². The first-order valence-electron chi connectivity index (χ1n) is 7.05. The Morgan fingerprint density at radius 3 is 2.74 bits per heavy atom. The van der Waals surface area contributed by atoms with Gasteiger partial charge < -0.3 is 10.6 Å². The van der Waals surface area contributed by atoms with Crippen LogP contribution in [-0.4, -0.2) is 28.8 Å². The van der Waals surface area contributed by atoms with Crippen LogP contribution in [0.2, 0.25) is 0 Å². The molecular weight excluding hydrogens is 240 g/mol. The van der Waals surface area contributed by atoms with Gasteiger partial charge in [0.05, 0.1) is 11.6 Å². The molecule has 0 bridgehead atoms. The molecule has 19 heavy (non-hydrogen) atoms. The fourth-order valence-corrected chi connectivity index (χ4v) is 2.73. The van der Waals surface area contributed by atoms with E-state index in [9.17, 15) is 4.79 Å². The lowest BCUT2D eigenvalue weighted by Crippen LogP contribution is -2.47. The van der Waals surface area contributed by atoms with Gasteiger partial charge in [-0.2, -0.15) is 5.10 Å². The van der Waals surface area contributed by atoms with Crippen LogP contribution in [0.25, 0.3) is 0 Å². The predicted molar refractivity (Wildman–Crippen MR) is 74.6 cm³/mol. The maximum Gasteiger partial charge on any atom is 0.226 e. The van der Waals surface area contributed by atoms with E-state index in [-0.39, 0.29) is 11.3 Å². The zero-order valence-corrected chi connectivity index (χ0v) is 12.1. The van der Waals surface area contributed by atoms with Gasteiger partial charge in [-0.1, -0.05) is 6.92 Å². The predicted octanol–water partition coefficient (Wildman–Crippen LogP) is 1.12. The summed E-state index contributed by atoms with van der Waals surface area (Å²) in [5, 5.41) is 10.6. The summed E-state index contributed by atoms with van der Waals surface area (Å²) in [4.78, 5) is 12.5. The highest BCUT2D eigenvalue weighted by Crippen LogP contribution is 2.32. The van der Waals surface area contributed by atoms with Gasteiger partial charge in [0.25, 0.3) is 0 Å². The molecule has 0 spiro atoms. The minimum atomic E-state index is -0.179. The Morgan fingerprint density at radius 1 is 1.53 bits per heavy atom. The van der Waals surface area contributed by atoms with Gasteiger partial charge in [0.15, 0.2) is 0 Å². The minimum absolute atomic E-state index is 0.179. The fraction of sp³-hybridized carbons (Fsp3) is 0.714. The van der Waals surface area contributed by atoms with Gasteiger partial charge in [0.1, 0.15) is 0 Å². The zero-order valence-electron chi connectivity index (χ0n) is 12.1. The van der Waals surface area contributed by atoms with Gasteiger partial charge in [0, 0.05) is 24.8 Å². The summed E-state index contributed by atoms with van der Waals surface area (Å²) in [5.41, 5.74) is 2.02. The number of nitrogens with one attached hydrogen (secondary N) is 2. The van der Waals surface area contributed by atoms with E-state index in [1.54, 1.807) is 0 Å². The lowest BCUT2D eigenvalue weighted by Gasteiger charge is -2.35. The van der Waals surface area contributed by atoms with Crippen LogP contribution >= 0.6 is 0 Å². The first-order chi connectivity index (χ1) is 9.09. The summed E-state index contributed by atoms with van der Waals surface area (Å²) in [6, 6.07) is 0. The normalized spacial score (nSPS) is 18.3. The van der Waals surface area contributed by atoms with E-state index in [4.69, 9.17) is 0 Å². The van der Waals surface area contributed by atoms with Crippen LogP contribution in [0.1, 0.15) is 37.4 Å². The third-order valence-electron chi connectivity index (χ3n) is 4.50. The largest absolute Gasteiger partial charge is 0.351 e. The third-order valence-corrected chi connectivity index (χ3v) is 4.50. The average molecular weight is 264 g/mol. The first-order valence-corrected chi connectivity index (χ1v) is 7.05. The van der Waals surface area contributed by atoms with Crippen molar-refractivity contribution in [1.29, 1.82) is 0 Å². The molecule has 1 aromatic rings. The maximum atomic E-state index is 12.5. The molecule has 0 atom stereocenters. The molecule has 1 amide bonds. The molecule has 0 radical (unpaired) electrons. The molecular formula is C14H24N4O. The van der Waals surface area contributed by atoms with E-state index in [1.165, 1.54) is 0 Å². The quantitative estimate of drug-likeness (QED) is 0.857. The standard InChI is InChI=1S/C14H24N4O/c1-4-14(5-7-15-8-6-14)13(19)16-9-12-10-17-18(3)11(12)2/h10,15H,4-9H2,1-3H3,(H,16,19). The van der Waals surface area contributed by atoms with Crippen molar-refractivity contribution < 1.29 is 4.79 Å². The zero-order chi connectivity index (χ0) is 13.9. The lowest BCUT2D eigenvalue weighted by atomic mass is 9.76. The van der Waals surface area contributed by atoms with Crippen molar-refractivity contribution in [2.75, 3.05) is 13.1 Å². The molecule has 0 aromatic carbocycles. The van der Waals surface area contributed by atoms with Crippen LogP contribution in [0.4, 0.5) is 0 Å². The smallest absolute Gasteiger partial charge is 0.226 e. The van der Waals surface area contributed by atoms with E-state index < -0.39 is 0 Å². The summed E-state index contributed by atoms with van der Waals surface area (Å²) in [7, 11) is 1.92. The van der Waals surface area contributed by atoms with Gasteiger partial charge >= 0.3 is 0 Å². The van der Waals surface area contributed by atoms with Crippen LogP contribution in [0.3, 0.4) is 0 Å². The van der Waals surface area contributed by atoms with E-state index >= 15 is 0 Å². The molecule has 2 rings (SSSR count). The van der Waals surface area contributed by atoms with E-state index in [1.807, 2.05) is 24.9 Å². The van der Waals surface area contributed by atoms with Gasteiger partial charge in [-0.25, -0.2) is 0 Å². The molecule has 106 valence electrons. The van der Waals surface area contributed by atoms with Crippen LogP contribution < -0.4 is 10.6 Å². The number of hydrogen-bond acceptors (Lipinski definition) is 3. The average Bonchev–Trinajstić information content (AvgIpc) is 2.77. The number of carbonyl (C=O) groups is 1. The molecule has 1 fully saturated rings. The number of piperidine rings is 1. The summed E-state index contributed by atoms with van der Waals surface area (Å²) in [6.07, 6.45) is 4.60. The molecule has 1 aliphatic heterocycles. The molecule has 0 aliphatic carbocycles. The maximum absolute atomic E-state index is 12.5. The Bertz CT molecular complexity index is 446. The Morgan fingerprint density at radius 2 is 2.21 bits per heavy atom. The van der Waals surface area contributed by atoms with Gasteiger partial charge in [-0.05, 0) is 39.3 Å². The lowest BCUT2D eigenvalue weighted by molar-refractivity contribution is -0.133. The van der Waals surface area contributed by atoms with Crippen LogP contribution in [0.15, 0.2) is 6.20 Å². The van der Waals surface area contributed by atoms with Crippen LogP contribution in [0.5, 0.6) is 0 Å². The minimum Gasteiger partial charge on any atom is -0.351 e. The molecule has 5 heteroatoms. The molecule has 5 nitrogen and oxygen atoms in total. The highest BCUT2D eigenvalue weighted by molar-refractivity contribution is 5.82. The Balaban J connectivity index is 1.98. The summed E-state index contributed by atoms with van der Waals surface area (Å²) < 4.78 is 1.83. The van der Waals surface area contributed by atoms with Crippen molar-refractivity contribution in [2.45, 2.75) is 39.7 Å². The number of aryl methyl sites for hydroxylation is 1. The van der Waals surface area contributed by atoms with Gasteiger partial charge in [-0.15, -0.1) is 0 Å². The van der Waals surface area contributed by atoms with Gasteiger partial charge in [-0.3, -0.25) is 9.48 Å². The molecule has 1 saturated heterocycles. The molecule has 2 heterocycles. The second-order valence-electron chi connectivity index (χ2n) is 5.45. The Labute approximate surface area is 114 Å². The first kappa shape index (κ1) is 14.1. The molecule has 0 saturated carbocycles. The van der Waals surface area contributed by atoms with Crippen molar-refractivity contribution in [3.05, 3.63) is 17.5 Å². The third kappa shape index (κ3) is 2.81. The second-order valence-corrected chi connectivity index (χ2v) is 5.45. The molecule has 2 N–H and O–H groups in total. The van der Waals surface area contributed by atoms with Crippen molar-refractivity contribution in [2.24, 2.45) is 12.5 Å². The van der Waals surface area contributed by atoms with Crippen molar-refractivity contribution in [3.63, 3.8) is 0 Å². The second kappa shape index (κ2) is 5.74.